The summed E-state index contributed by atoms with van der Waals surface area (Å²) in [5, 5.41) is 0. The zero-order valence-electron chi connectivity index (χ0n) is 7.56. The highest BCUT2D eigenvalue weighted by molar-refractivity contribution is 9.10. The molecule has 2 N–H and O–H groups in total. The summed E-state index contributed by atoms with van der Waals surface area (Å²) in [6, 6.07) is 2.24. The van der Waals surface area contributed by atoms with E-state index in [-0.39, 0.29) is 12.5 Å². The zero-order chi connectivity index (χ0) is 10.7. The number of hydrogen-bond acceptors (Lipinski definition) is 2. The second-order valence-electron chi connectivity index (χ2n) is 3.02. The number of nitrogens with two attached hydrogens (primary N) is 1. The molecule has 1 atom stereocenters. The van der Waals surface area contributed by atoms with Gasteiger partial charge in [-0.05, 0) is 17.7 Å². The normalized spacial score (nSPS) is 12.9. The summed E-state index contributed by atoms with van der Waals surface area (Å²) in [6.45, 7) is 2.06. The van der Waals surface area contributed by atoms with E-state index in [9.17, 15) is 8.78 Å². The summed E-state index contributed by atoms with van der Waals surface area (Å²) in [5.74, 6) is 3.07. The van der Waals surface area contributed by atoms with Crippen LogP contribution in [-0.2, 0) is 4.84 Å². The minimum Gasteiger partial charge on any atom is -0.304 e. The maximum atomic E-state index is 12.9. The Balaban J connectivity index is 3.02. The maximum absolute atomic E-state index is 12.9. The quantitative estimate of drug-likeness (QED) is 0.674. The lowest BCUT2D eigenvalue weighted by molar-refractivity contribution is 0.126. The molecule has 0 saturated carbocycles. The number of benzene rings is 1. The molecule has 0 aromatic heterocycles. The monoisotopic (exact) mass is 265 g/mol. The Morgan fingerprint density at radius 3 is 2.57 bits per heavy atom. The molecular weight excluding hydrogens is 256 g/mol. The lowest BCUT2D eigenvalue weighted by Crippen LogP contribution is -2.09. The van der Waals surface area contributed by atoms with Crippen LogP contribution >= 0.6 is 15.9 Å². The van der Waals surface area contributed by atoms with Crippen LogP contribution in [0.4, 0.5) is 8.78 Å². The van der Waals surface area contributed by atoms with Gasteiger partial charge in [0.2, 0.25) is 0 Å². The van der Waals surface area contributed by atoms with Gasteiger partial charge in [-0.2, -0.15) is 0 Å². The van der Waals surface area contributed by atoms with Gasteiger partial charge >= 0.3 is 0 Å². The second kappa shape index (κ2) is 4.82. The average molecular weight is 266 g/mol. The van der Waals surface area contributed by atoms with Crippen LogP contribution in [0, 0.1) is 11.6 Å². The van der Waals surface area contributed by atoms with Gasteiger partial charge in [-0.25, -0.2) is 14.7 Å². The first-order valence-corrected chi connectivity index (χ1v) is 4.81. The Labute approximate surface area is 89.1 Å². The Morgan fingerprint density at radius 1 is 1.43 bits per heavy atom. The molecule has 0 aliphatic heterocycles. The van der Waals surface area contributed by atoms with Gasteiger partial charge in [-0.1, -0.05) is 22.9 Å². The third-order valence-electron chi connectivity index (χ3n) is 1.92. The van der Waals surface area contributed by atoms with Crippen LogP contribution in [0.2, 0.25) is 0 Å². The average Bonchev–Trinajstić information content (AvgIpc) is 2.11. The molecule has 1 aromatic carbocycles. The summed E-state index contributed by atoms with van der Waals surface area (Å²) in [5.41, 5.74) is 0.634. The largest absolute Gasteiger partial charge is 0.304 e. The van der Waals surface area contributed by atoms with E-state index in [0.717, 1.165) is 12.1 Å². The molecule has 1 unspecified atom stereocenters. The van der Waals surface area contributed by atoms with Crippen molar-refractivity contribution in [1.29, 1.82) is 0 Å². The molecule has 0 bridgehead atoms. The molecule has 5 heteroatoms. The van der Waals surface area contributed by atoms with Crippen LogP contribution in [0.15, 0.2) is 16.6 Å². The molecule has 0 radical (unpaired) electrons. The molecule has 0 aliphatic carbocycles. The molecule has 0 heterocycles. The highest BCUT2D eigenvalue weighted by Gasteiger charge is 2.13. The molecule has 78 valence electrons. The fourth-order valence-corrected chi connectivity index (χ4v) is 1.86. The van der Waals surface area contributed by atoms with Crippen molar-refractivity contribution in [1.82, 2.24) is 0 Å². The third kappa shape index (κ3) is 2.50. The van der Waals surface area contributed by atoms with Gasteiger partial charge in [0.25, 0.3) is 0 Å². The van der Waals surface area contributed by atoms with Crippen molar-refractivity contribution in [2.24, 2.45) is 5.90 Å². The Kier molecular flexibility index (Phi) is 3.97. The molecule has 1 rings (SSSR count). The third-order valence-corrected chi connectivity index (χ3v) is 2.60. The highest BCUT2D eigenvalue weighted by Crippen LogP contribution is 2.27. The van der Waals surface area contributed by atoms with E-state index in [1.54, 1.807) is 0 Å². The van der Waals surface area contributed by atoms with E-state index < -0.39 is 11.6 Å². The zero-order valence-corrected chi connectivity index (χ0v) is 9.14. The lowest BCUT2D eigenvalue weighted by atomic mass is 10.0. The van der Waals surface area contributed by atoms with Crippen molar-refractivity contribution >= 4 is 15.9 Å². The number of rotatable bonds is 3. The van der Waals surface area contributed by atoms with Crippen LogP contribution in [0.5, 0.6) is 0 Å². The highest BCUT2D eigenvalue weighted by atomic mass is 79.9. The molecule has 0 spiro atoms. The van der Waals surface area contributed by atoms with Gasteiger partial charge in [0, 0.05) is 10.4 Å². The minimum absolute atomic E-state index is 0.0931. The van der Waals surface area contributed by atoms with Gasteiger partial charge in [0.05, 0.1) is 6.61 Å². The van der Waals surface area contributed by atoms with Gasteiger partial charge in [0.1, 0.15) is 0 Å². The van der Waals surface area contributed by atoms with E-state index in [4.69, 9.17) is 5.90 Å². The predicted octanol–water partition coefficient (Wildman–Crippen LogP) is 2.72. The van der Waals surface area contributed by atoms with Crippen molar-refractivity contribution in [3.8, 4) is 0 Å². The summed E-state index contributed by atoms with van der Waals surface area (Å²) in [6.07, 6.45) is 0. The fourth-order valence-electron chi connectivity index (χ4n) is 1.15. The smallest absolute Gasteiger partial charge is 0.159 e. The maximum Gasteiger partial charge on any atom is 0.159 e. The summed E-state index contributed by atoms with van der Waals surface area (Å²) < 4.78 is 26.2. The predicted molar refractivity (Wildman–Crippen MR) is 52.6 cm³/mol. The topological polar surface area (TPSA) is 35.2 Å². The van der Waals surface area contributed by atoms with Crippen LogP contribution in [0.3, 0.4) is 0 Å². The SMILES string of the molecule is CC(CON)c1cc(F)c(F)cc1Br. The number of hydrogen-bond donors (Lipinski definition) is 1. The van der Waals surface area contributed by atoms with Crippen LogP contribution in [-0.4, -0.2) is 6.61 Å². The van der Waals surface area contributed by atoms with E-state index >= 15 is 0 Å². The van der Waals surface area contributed by atoms with Crippen molar-refractivity contribution < 1.29 is 13.6 Å². The van der Waals surface area contributed by atoms with Gasteiger partial charge in [-0.15, -0.1) is 0 Å². The second-order valence-corrected chi connectivity index (χ2v) is 3.88. The van der Waals surface area contributed by atoms with E-state index in [0.29, 0.717) is 10.0 Å². The molecule has 2 nitrogen and oxygen atoms in total. The lowest BCUT2D eigenvalue weighted by Gasteiger charge is -2.12. The molecule has 0 amide bonds. The molecule has 0 fully saturated rings. The first-order valence-electron chi connectivity index (χ1n) is 4.02. The first kappa shape index (κ1) is 11.6. The molecule has 1 aromatic rings. The van der Waals surface area contributed by atoms with Gasteiger partial charge < -0.3 is 4.84 Å². The van der Waals surface area contributed by atoms with Crippen LogP contribution in [0.1, 0.15) is 18.4 Å². The molecule has 0 aliphatic rings. The molecular formula is C9H10BrF2NO. The van der Waals surface area contributed by atoms with E-state index in [2.05, 4.69) is 20.8 Å². The minimum atomic E-state index is -0.874. The standard InChI is InChI=1S/C9H10BrF2NO/c1-5(4-14-13)6-2-8(11)9(12)3-7(6)10/h2-3,5H,4,13H2,1H3. The van der Waals surface area contributed by atoms with Crippen LogP contribution < -0.4 is 5.90 Å². The van der Waals surface area contributed by atoms with Crippen molar-refractivity contribution in [3.05, 3.63) is 33.8 Å². The first-order chi connectivity index (χ1) is 6.56. The van der Waals surface area contributed by atoms with Crippen LogP contribution in [0.25, 0.3) is 0 Å². The Bertz CT molecular complexity index is 333. The fraction of sp³-hybridized carbons (Fsp3) is 0.333. The molecule has 0 saturated heterocycles. The van der Waals surface area contributed by atoms with Gasteiger partial charge in [0.15, 0.2) is 11.6 Å². The van der Waals surface area contributed by atoms with Gasteiger partial charge in [-0.3, -0.25) is 0 Å². The molecule has 14 heavy (non-hydrogen) atoms. The summed E-state index contributed by atoms with van der Waals surface area (Å²) >= 11 is 3.15. The van der Waals surface area contributed by atoms with E-state index in [1.807, 2.05) is 6.92 Å². The summed E-state index contributed by atoms with van der Waals surface area (Å²) in [4.78, 5) is 4.45. The Morgan fingerprint density at radius 2 is 2.00 bits per heavy atom. The van der Waals surface area contributed by atoms with Crippen molar-refractivity contribution in [3.63, 3.8) is 0 Å². The summed E-state index contributed by atoms with van der Waals surface area (Å²) in [7, 11) is 0. The van der Waals surface area contributed by atoms with Crippen molar-refractivity contribution in [2.45, 2.75) is 12.8 Å². The Hall–Kier alpha value is -0.520. The van der Waals surface area contributed by atoms with Crippen molar-refractivity contribution in [2.75, 3.05) is 6.61 Å². The van der Waals surface area contributed by atoms with E-state index in [1.165, 1.54) is 0 Å². The number of halogens is 3.